The van der Waals surface area contributed by atoms with Crippen molar-refractivity contribution in [2.45, 2.75) is 217 Å². The molecule has 14 nitrogen and oxygen atoms in total. The minimum atomic E-state index is -5.15. The lowest BCUT2D eigenvalue weighted by atomic mass is 9.85. The third-order valence-corrected chi connectivity index (χ3v) is 11.4. The van der Waals surface area contributed by atoms with Crippen molar-refractivity contribution in [3.8, 4) is 0 Å². The highest BCUT2D eigenvalue weighted by atomic mass is 31.2. The molecule has 0 aliphatic heterocycles. The number of phosphoric acid groups is 1. The van der Waals surface area contributed by atoms with Gasteiger partial charge in [0.25, 0.3) is 0 Å². The molecule has 60 heavy (non-hydrogen) atoms. The summed E-state index contributed by atoms with van der Waals surface area (Å²) in [7, 11) is -5.15. The van der Waals surface area contributed by atoms with E-state index in [1.54, 1.807) is 12.2 Å². The Bertz CT molecular complexity index is 1260. The molecule has 0 heterocycles. The fraction of sp³-hybridized carbons (Fsp3) is 0.800. The predicted octanol–water partition coefficient (Wildman–Crippen LogP) is 7.79. The number of phosphoric ester groups is 1. The van der Waals surface area contributed by atoms with E-state index in [0.717, 1.165) is 70.6 Å². The average molecular weight is 875 g/mol. The van der Waals surface area contributed by atoms with E-state index < -0.39 is 75.7 Å². The van der Waals surface area contributed by atoms with Crippen molar-refractivity contribution in [2.24, 2.45) is 0 Å². The zero-order valence-corrected chi connectivity index (χ0v) is 37.4. The molecule has 0 aromatic carbocycles. The molecule has 0 aromatic rings. The lowest BCUT2D eigenvalue weighted by molar-refractivity contribution is -0.220. The number of hydrogen-bond acceptors (Lipinski definition) is 13. The van der Waals surface area contributed by atoms with Gasteiger partial charge in [-0.1, -0.05) is 128 Å². The van der Waals surface area contributed by atoms with Crippen molar-refractivity contribution < 1.29 is 67.9 Å². The summed E-state index contributed by atoms with van der Waals surface area (Å²) in [6, 6.07) is 0. The number of ether oxygens (including phenoxy) is 2. The highest BCUT2D eigenvalue weighted by Gasteiger charge is 2.51. The molecule has 0 saturated heterocycles. The van der Waals surface area contributed by atoms with Gasteiger partial charge >= 0.3 is 19.8 Å². The first-order chi connectivity index (χ1) is 28.8. The monoisotopic (exact) mass is 875 g/mol. The Balaban J connectivity index is 2.51. The lowest BCUT2D eigenvalue weighted by Crippen LogP contribution is -2.64. The van der Waals surface area contributed by atoms with Gasteiger partial charge in [0.05, 0.1) is 6.61 Å². The Labute approximate surface area is 359 Å². The lowest BCUT2D eigenvalue weighted by Gasteiger charge is -2.41. The van der Waals surface area contributed by atoms with Crippen LogP contribution in [-0.4, -0.2) is 104 Å². The molecule has 1 saturated carbocycles. The molecular formula is C45H79O14P. The van der Waals surface area contributed by atoms with Crippen LogP contribution >= 0.6 is 7.82 Å². The topological polar surface area (TPSA) is 227 Å². The Hall–Kier alpha value is -2.26. The molecule has 8 atom stereocenters. The second-order valence-electron chi connectivity index (χ2n) is 15.9. The van der Waals surface area contributed by atoms with Crippen LogP contribution in [-0.2, 0) is 37.5 Å². The molecule has 1 fully saturated rings. The van der Waals surface area contributed by atoms with E-state index in [4.69, 9.17) is 18.5 Å². The van der Waals surface area contributed by atoms with Crippen molar-refractivity contribution in [3.05, 3.63) is 36.5 Å². The van der Waals surface area contributed by atoms with E-state index in [0.29, 0.717) is 25.7 Å². The summed E-state index contributed by atoms with van der Waals surface area (Å²) < 4.78 is 33.4. The molecule has 348 valence electrons. The second kappa shape index (κ2) is 35.2. The van der Waals surface area contributed by atoms with E-state index in [1.165, 1.54) is 51.4 Å². The molecule has 0 spiro atoms. The highest BCUT2D eigenvalue weighted by Crippen LogP contribution is 2.47. The first-order valence-electron chi connectivity index (χ1n) is 22.7. The van der Waals surface area contributed by atoms with E-state index in [-0.39, 0.29) is 18.6 Å². The van der Waals surface area contributed by atoms with Gasteiger partial charge in [-0.15, -0.1) is 0 Å². The number of carbonyl (C=O) groups is 3. The number of ketones is 1. The van der Waals surface area contributed by atoms with Gasteiger partial charge in [-0.05, 0) is 63.9 Å². The van der Waals surface area contributed by atoms with Crippen LogP contribution in [0.15, 0.2) is 36.5 Å². The summed E-state index contributed by atoms with van der Waals surface area (Å²) in [5.41, 5.74) is 0. The fourth-order valence-corrected chi connectivity index (χ4v) is 7.65. The second-order valence-corrected chi connectivity index (χ2v) is 17.3. The maximum absolute atomic E-state index is 12.8. The number of unbranched alkanes of at least 4 members (excludes halogenated alkanes) is 18. The van der Waals surface area contributed by atoms with Crippen LogP contribution in [0.2, 0.25) is 0 Å². The number of aliphatic hydroxyl groups is 5. The number of aliphatic hydroxyl groups excluding tert-OH is 5. The van der Waals surface area contributed by atoms with Crippen molar-refractivity contribution in [1.82, 2.24) is 0 Å². The standard InChI is InChI=1S/C45H79O14P/c1-3-5-7-9-11-12-13-14-15-16-17-18-20-24-28-32-38(47)56-34-37(35-57-60(54,55)59-45-43(52)41(50)40(49)42(51)44(45)53)58-39(48)33-29-25-21-23-27-31-36(46)30-26-22-19-10-8-6-4-2/h12-13,19,22,26,30,37,40-45,49-53H,3-11,14-18,20-21,23-25,27-29,31-35H2,1-2H3,(H,54,55)/b13-12-,22-19-,30-26+/t37-,40?,41-,42+,43-,44-,45?/m1/s1. The van der Waals surface area contributed by atoms with Gasteiger partial charge in [0.1, 0.15) is 43.2 Å². The summed E-state index contributed by atoms with van der Waals surface area (Å²) >= 11 is 0. The molecule has 0 radical (unpaired) electrons. The highest BCUT2D eigenvalue weighted by molar-refractivity contribution is 7.47. The summed E-state index contributed by atoms with van der Waals surface area (Å²) in [6.45, 7) is 3.12. The van der Waals surface area contributed by atoms with Crippen molar-refractivity contribution in [1.29, 1.82) is 0 Å². The maximum atomic E-state index is 12.8. The largest absolute Gasteiger partial charge is 0.472 e. The van der Waals surface area contributed by atoms with Gasteiger partial charge in [-0.25, -0.2) is 4.57 Å². The number of carbonyl (C=O) groups excluding carboxylic acids is 3. The zero-order valence-electron chi connectivity index (χ0n) is 36.5. The summed E-state index contributed by atoms with van der Waals surface area (Å²) in [6.07, 6.45) is 21.6. The van der Waals surface area contributed by atoms with Crippen LogP contribution in [0.1, 0.15) is 174 Å². The van der Waals surface area contributed by atoms with Crippen LogP contribution in [0.4, 0.5) is 0 Å². The molecule has 0 bridgehead atoms. The van der Waals surface area contributed by atoms with Gasteiger partial charge in [0.2, 0.25) is 0 Å². The number of hydrogen-bond donors (Lipinski definition) is 6. The quantitative estimate of drug-likeness (QED) is 0.00875. The third-order valence-electron chi connectivity index (χ3n) is 10.4. The summed E-state index contributed by atoms with van der Waals surface area (Å²) in [5, 5.41) is 50.1. The fourth-order valence-electron chi connectivity index (χ4n) is 6.67. The van der Waals surface area contributed by atoms with Gasteiger partial charge in [-0.3, -0.25) is 23.4 Å². The molecule has 15 heteroatoms. The molecule has 0 aromatic heterocycles. The molecule has 1 rings (SSSR count). The van der Waals surface area contributed by atoms with Gasteiger partial charge in [-0.2, -0.15) is 0 Å². The Morgan fingerprint density at radius 3 is 1.58 bits per heavy atom. The van der Waals surface area contributed by atoms with E-state index in [1.807, 2.05) is 6.08 Å². The Kier molecular flexibility index (Phi) is 32.7. The van der Waals surface area contributed by atoms with E-state index in [2.05, 4.69) is 32.1 Å². The molecule has 3 unspecified atom stereocenters. The zero-order chi connectivity index (χ0) is 44.4. The molecule has 1 aliphatic rings. The average Bonchev–Trinajstić information content (AvgIpc) is 3.22. The molecule has 6 N–H and O–H groups in total. The van der Waals surface area contributed by atoms with Crippen LogP contribution in [0.25, 0.3) is 0 Å². The minimum absolute atomic E-state index is 0.0123. The number of allylic oxidation sites excluding steroid dienone is 6. The van der Waals surface area contributed by atoms with Crippen LogP contribution < -0.4 is 0 Å². The first kappa shape index (κ1) is 55.8. The van der Waals surface area contributed by atoms with Gasteiger partial charge in [0, 0.05) is 19.3 Å². The molecule has 0 amide bonds. The van der Waals surface area contributed by atoms with E-state index >= 15 is 0 Å². The smallest absolute Gasteiger partial charge is 0.462 e. The maximum Gasteiger partial charge on any atom is 0.472 e. The summed E-state index contributed by atoms with van der Waals surface area (Å²) in [4.78, 5) is 47.7. The normalized spacial score (nSPS) is 22.4. The van der Waals surface area contributed by atoms with Crippen molar-refractivity contribution in [3.63, 3.8) is 0 Å². The van der Waals surface area contributed by atoms with Gasteiger partial charge in [0.15, 0.2) is 11.9 Å². The SMILES string of the molecule is CCCCC/C=C\C=C\C(=O)CCCCCCCC(=O)O[C@H](COC(=O)CCCCCCCCC/C=C\CCCCCC)COP(=O)(O)OC1[C@H](O)[C@H](O)C(O)[C@H](O)[C@H]1O. The van der Waals surface area contributed by atoms with Crippen LogP contribution in [0.5, 0.6) is 0 Å². The summed E-state index contributed by atoms with van der Waals surface area (Å²) in [5.74, 6) is -1.13. The van der Waals surface area contributed by atoms with E-state index in [9.17, 15) is 49.4 Å². The Morgan fingerprint density at radius 2 is 1.00 bits per heavy atom. The third kappa shape index (κ3) is 27.6. The number of rotatable bonds is 37. The predicted molar refractivity (Wildman–Crippen MR) is 231 cm³/mol. The minimum Gasteiger partial charge on any atom is -0.462 e. The van der Waals surface area contributed by atoms with Gasteiger partial charge < -0.3 is 39.9 Å². The molecule has 1 aliphatic carbocycles. The van der Waals surface area contributed by atoms with Crippen molar-refractivity contribution in [2.75, 3.05) is 13.2 Å². The van der Waals surface area contributed by atoms with Crippen molar-refractivity contribution >= 4 is 25.5 Å². The first-order valence-corrected chi connectivity index (χ1v) is 24.2. The molecular weight excluding hydrogens is 795 g/mol. The number of esters is 2. The van der Waals surface area contributed by atoms with Crippen LogP contribution in [0.3, 0.4) is 0 Å². The Morgan fingerprint density at radius 1 is 0.550 bits per heavy atom. The van der Waals surface area contributed by atoms with Crippen LogP contribution in [0, 0.1) is 0 Å².